The van der Waals surface area contributed by atoms with Gasteiger partial charge in [0, 0.05) is 13.5 Å². The van der Waals surface area contributed by atoms with Gasteiger partial charge in [-0.2, -0.15) is 13.2 Å². The zero-order chi connectivity index (χ0) is 31.0. The summed E-state index contributed by atoms with van der Waals surface area (Å²) in [6.07, 6.45) is -0.543. The van der Waals surface area contributed by atoms with Crippen molar-refractivity contribution in [3.63, 3.8) is 0 Å². The highest BCUT2D eigenvalue weighted by Crippen LogP contribution is 2.25. The lowest BCUT2D eigenvalue weighted by Gasteiger charge is -2.40. The van der Waals surface area contributed by atoms with E-state index in [2.05, 4.69) is 22.3 Å². The number of aliphatic hydroxyl groups is 1. The number of unbranched alkanes of at least 4 members (excludes halogenated alkanes) is 9. The molecule has 0 aromatic heterocycles. The Morgan fingerprint density at radius 3 is 2.12 bits per heavy atom. The maximum atomic E-state index is 12.6. The van der Waals surface area contributed by atoms with E-state index in [9.17, 15) is 42.6 Å². The molecule has 0 radical (unpaired) electrons. The zero-order valence-electron chi connectivity index (χ0n) is 23.4. The molecule has 1 aliphatic heterocycles. The lowest BCUT2D eigenvalue weighted by atomic mass is 9.92. The van der Waals surface area contributed by atoms with Crippen molar-refractivity contribution >= 4 is 23.9 Å². The average Bonchev–Trinajstić information content (AvgIpc) is 2.89. The number of carbonyl (C=O) groups excluding carboxylic acids is 3. The number of carboxylic acids is 1. The van der Waals surface area contributed by atoms with E-state index >= 15 is 0 Å². The summed E-state index contributed by atoms with van der Waals surface area (Å²) in [4.78, 5) is 47.0. The number of ether oxygens (including phenoxy) is 3. The molecule has 1 rings (SSSR count). The van der Waals surface area contributed by atoms with Crippen molar-refractivity contribution in [2.24, 2.45) is 5.73 Å². The van der Waals surface area contributed by atoms with Crippen molar-refractivity contribution in [2.45, 2.75) is 115 Å². The molecule has 0 bridgehead atoms. The van der Waals surface area contributed by atoms with Crippen LogP contribution in [-0.4, -0.2) is 83.9 Å². The van der Waals surface area contributed by atoms with Crippen molar-refractivity contribution in [3.05, 3.63) is 11.8 Å². The molecule has 6 N–H and O–H groups in total. The second kappa shape index (κ2) is 18.4. The van der Waals surface area contributed by atoms with E-state index < -0.39 is 72.9 Å². The Hall–Kier alpha value is -3.07. The van der Waals surface area contributed by atoms with Crippen LogP contribution in [-0.2, 0) is 28.6 Å². The Morgan fingerprint density at radius 2 is 1.61 bits per heavy atom. The molecule has 0 unspecified atom stereocenters. The first-order valence-electron chi connectivity index (χ1n) is 13.8. The summed E-state index contributed by atoms with van der Waals surface area (Å²) in [5.74, 6) is -5.53. The highest BCUT2D eigenvalue weighted by atomic mass is 19.4. The van der Waals surface area contributed by atoms with E-state index in [-0.39, 0.29) is 6.54 Å². The maximum absolute atomic E-state index is 12.6. The molecule has 1 heterocycles. The summed E-state index contributed by atoms with van der Waals surface area (Å²) < 4.78 is 52.4. The number of alkyl carbamates (subject to hydrolysis) is 1. The number of hydrogen-bond donors (Lipinski definition) is 5. The first kappa shape index (κ1) is 36.0. The highest BCUT2D eigenvalue weighted by Gasteiger charge is 2.47. The fourth-order valence-electron chi connectivity index (χ4n) is 4.23. The molecule has 1 aliphatic rings. The third-order valence-electron chi connectivity index (χ3n) is 6.32. The van der Waals surface area contributed by atoms with Crippen LogP contribution in [0.4, 0.5) is 18.0 Å². The molecule has 41 heavy (non-hydrogen) atoms. The summed E-state index contributed by atoms with van der Waals surface area (Å²) in [7, 11) is 0. The predicted octanol–water partition coefficient (Wildman–Crippen LogP) is 2.67. The van der Waals surface area contributed by atoms with Crippen LogP contribution < -0.4 is 16.4 Å². The van der Waals surface area contributed by atoms with Crippen molar-refractivity contribution in [3.8, 4) is 0 Å². The van der Waals surface area contributed by atoms with Crippen molar-refractivity contribution in [2.75, 3.05) is 13.2 Å². The van der Waals surface area contributed by atoms with Gasteiger partial charge in [0.25, 0.3) is 0 Å². The van der Waals surface area contributed by atoms with Gasteiger partial charge in [0.05, 0.1) is 12.1 Å². The van der Waals surface area contributed by atoms with Crippen molar-refractivity contribution < 1.29 is 56.8 Å². The fourth-order valence-corrected chi connectivity index (χ4v) is 4.23. The van der Waals surface area contributed by atoms with Gasteiger partial charge in [0.15, 0.2) is 12.2 Å². The topological polar surface area (TPSA) is 187 Å². The van der Waals surface area contributed by atoms with Gasteiger partial charge in [0.1, 0.15) is 12.7 Å². The normalized spacial score (nSPS) is 20.2. The number of alkyl halides is 3. The van der Waals surface area contributed by atoms with E-state index in [0.717, 1.165) is 38.7 Å². The fraction of sp³-hybridized carbons (Fsp3) is 0.769. The minimum atomic E-state index is -5.36. The lowest BCUT2D eigenvalue weighted by Crippen LogP contribution is -2.63. The summed E-state index contributed by atoms with van der Waals surface area (Å²) in [6, 6.07) is -2.49. The van der Waals surface area contributed by atoms with Crippen LogP contribution in [0.5, 0.6) is 0 Å². The number of aliphatic carboxylic acids is 1. The summed E-state index contributed by atoms with van der Waals surface area (Å²) >= 11 is 0. The molecule has 12 nitrogen and oxygen atoms in total. The monoisotopic (exact) mass is 597 g/mol. The number of hydrogen-bond acceptors (Lipinski definition) is 9. The van der Waals surface area contributed by atoms with E-state index in [1.54, 1.807) is 0 Å². The van der Waals surface area contributed by atoms with E-state index in [1.807, 2.05) is 0 Å². The van der Waals surface area contributed by atoms with Gasteiger partial charge in [0.2, 0.25) is 11.7 Å². The Balaban J connectivity index is 2.84. The van der Waals surface area contributed by atoms with E-state index in [0.29, 0.717) is 6.42 Å². The van der Waals surface area contributed by atoms with Crippen molar-refractivity contribution in [1.29, 1.82) is 0 Å². The third-order valence-corrected chi connectivity index (χ3v) is 6.32. The molecule has 0 spiro atoms. The van der Waals surface area contributed by atoms with Crippen LogP contribution in [0.15, 0.2) is 11.8 Å². The van der Waals surface area contributed by atoms with Gasteiger partial charge in [-0.15, -0.1) is 0 Å². The van der Waals surface area contributed by atoms with Crippen LogP contribution in [0, 0.1) is 0 Å². The molecular formula is C26H42F3N3O9. The molecule has 2 amide bonds. The first-order valence-corrected chi connectivity index (χ1v) is 13.8. The molecule has 0 aromatic carbocycles. The van der Waals surface area contributed by atoms with Crippen LogP contribution in [0.3, 0.4) is 0 Å². The molecule has 15 heteroatoms. The van der Waals surface area contributed by atoms with Gasteiger partial charge in [-0.3, -0.25) is 4.79 Å². The smallest absolute Gasteiger partial charge is 0.477 e. The minimum absolute atomic E-state index is 0.182. The molecule has 0 fully saturated rings. The standard InChI is InChI=1S/C26H42F3N3O9/c1-3-4-5-6-7-8-9-10-11-12-13-31-25(38)41-21(18(34)15-39-24(37)26(27,28)29)22-20(32-16(2)33)17(30)14-19(40-22)23(35)36/h14,17-18,20-22,34H,3-13,15,30H2,1-2H3,(H,31,38)(H,32,33)(H,35,36)/t17-,18+,20+,21+,22+/m0/s1. The van der Waals surface area contributed by atoms with Crippen LogP contribution >= 0.6 is 0 Å². The number of rotatable bonds is 18. The molecule has 0 aliphatic carbocycles. The number of nitrogens with two attached hydrogens (primary N) is 1. The molecule has 0 saturated carbocycles. The van der Waals surface area contributed by atoms with Gasteiger partial charge in [-0.05, 0) is 12.5 Å². The Morgan fingerprint density at radius 1 is 1.05 bits per heavy atom. The highest BCUT2D eigenvalue weighted by molar-refractivity contribution is 5.85. The Labute approximate surface area is 237 Å². The van der Waals surface area contributed by atoms with E-state index in [1.165, 1.54) is 32.1 Å². The largest absolute Gasteiger partial charge is 0.490 e. The van der Waals surface area contributed by atoms with Crippen LogP contribution in [0.2, 0.25) is 0 Å². The SMILES string of the molecule is CCCCCCCCCCCCNC(=O)O[C@@H]([C@@H]1OC(C(=O)O)=C[C@H](N)[C@H]1NC(C)=O)[C@H](O)COC(=O)C(F)(F)F. The maximum Gasteiger partial charge on any atom is 0.490 e. The van der Waals surface area contributed by atoms with Gasteiger partial charge >= 0.3 is 24.2 Å². The minimum Gasteiger partial charge on any atom is -0.477 e. The number of amides is 2. The van der Waals surface area contributed by atoms with Gasteiger partial charge < -0.3 is 40.8 Å². The summed E-state index contributed by atoms with van der Waals surface area (Å²) in [5.41, 5.74) is 5.97. The summed E-state index contributed by atoms with van der Waals surface area (Å²) in [5, 5.41) is 24.8. The number of aliphatic hydroxyl groups excluding tert-OH is 1. The van der Waals surface area contributed by atoms with Crippen molar-refractivity contribution in [1.82, 2.24) is 10.6 Å². The number of halogens is 3. The second-order valence-corrected chi connectivity index (χ2v) is 9.86. The predicted molar refractivity (Wildman–Crippen MR) is 139 cm³/mol. The second-order valence-electron chi connectivity index (χ2n) is 9.86. The Kier molecular flexibility index (Phi) is 16.1. The van der Waals surface area contributed by atoms with E-state index in [4.69, 9.17) is 15.2 Å². The number of nitrogens with one attached hydrogen (secondary N) is 2. The zero-order valence-corrected chi connectivity index (χ0v) is 23.4. The summed E-state index contributed by atoms with van der Waals surface area (Å²) in [6.45, 7) is 2.16. The molecule has 236 valence electrons. The lowest BCUT2D eigenvalue weighted by molar-refractivity contribution is -0.204. The molecule has 0 aromatic rings. The Bertz CT molecular complexity index is 886. The number of carbonyl (C=O) groups is 4. The van der Waals surface area contributed by atoms with Gasteiger partial charge in [-0.1, -0.05) is 64.7 Å². The number of carboxylic acid groups (broad SMARTS) is 1. The molecular weight excluding hydrogens is 555 g/mol. The molecule has 0 saturated heterocycles. The average molecular weight is 598 g/mol. The first-order chi connectivity index (χ1) is 19.3. The number of esters is 1. The molecule has 5 atom stereocenters. The third kappa shape index (κ3) is 13.9. The van der Waals surface area contributed by atoms with Crippen LogP contribution in [0.25, 0.3) is 0 Å². The van der Waals surface area contributed by atoms with Gasteiger partial charge in [-0.25, -0.2) is 14.4 Å². The van der Waals surface area contributed by atoms with Crippen LogP contribution in [0.1, 0.15) is 78.1 Å². The quantitative estimate of drug-likeness (QED) is 0.116.